The lowest BCUT2D eigenvalue weighted by atomic mass is 10.1. The van der Waals surface area contributed by atoms with Gasteiger partial charge in [0.05, 0.1) is 4.90 Å². The van der Waals surface area contributed by atoms with Crippen LogP contribution in [0, 0.1) is 0 Å². The molecule has 0 radical (unpaired) electrons. The second kappa shape index (κ2) is 4.23. The Morgan fingerprint density at radius 1 is 1.00 bits per heavy atom. The summed E-state index contributed by atoms with van der Waals surface area (Å²) < 4.78 is 22.1. The minimum absolute atomic E-state index is 0.0989. The molecule has 5 heteroatoms. The molecule has 1 aromatic heterocycles. The summed E-state index contributed by atoms with van der Waals surface area (Å²) in [5.74, 6) is 0. The molecule has 3 nitrogen and oxygen atoms in total. The molecule has 1 aromatic carbocycles. The summed E-state index contributed by atoms with van der Waals surface area (Å²) in [6.07, 6.45) is 3.39. The van der Waals surface area contributed by atoms with Crippen LogP contribution in [0.1, 0.15) is 0 Å². The standard InChI is InChI=1S/C11H8ClNO2S/c12-16(14,15)11-5-3-9(4-6-11)10-2-1-7-13-8-10/h1-8H. The van der Waals surface area contributed by atoms with Gasteiger partial charge in [0.2, 0.25) is 0 Å². The third-order valence-electron chi connectivity index (χ3n) is 2.13. The zero-order chi connectivity index (χ0) is 11.6. The molecule has 0 atom stereocenters. The third-order valence-corrected chi connectivity index (χ3v) is 3.50. The van der Waals surface area contributed by atoms with Crippen LogP contribution in [0.2, 0.25) is 0 Å². The van der Waals surface area contributed by atoms with E-state index in [1.54, 1.807) is 24.5 Å². The molecule has 0 N–H and O–H groups in total. The number of nitrogens with zero attached hydrogens (tertiary/aromatic N) is 1. The van der Waals surface area contributed by atoms with Crippen molar-refractivity contribution in [1.29, 1.82) is 0 Å². The number of halogens is 1. The zero-order valence-electron chi connectivity index (χ0n) is 8.17. The van der Waals surface area contributed by atoms with Gasteiger partial charge in [0.1, 0.15) is 0 Å². The maximum absolute atomic E-state index is 11.0. The van der Waals surface area contributed by atoms with Crippen LogP contribution in [0.4, 0.5) is 0 Å². The molecule has 0 aliphatic heterocycles. The van der Waals surface area contributed by atoms with E-state index in [2.05, 4.69) is 4.98 Å². The summed E-state index contributed by atoms with van der Waals surface area (Å²) in [5.41, 5.74) is 1.83. The van der Waals surface area contributed by atoms with Crippen LogP contribution in [-0.4, -0.2) is 13.4 Å². The van der Waals surface area contributed by atoms with Crippen LogP contribution in [0.5, 0.6) is 0 Å². The highest BCUT2D eigenvalue weighted by Crippen LogP contribution is 2.21. The maximum Gasteiger partial charge on any atom is 0.261 e. The van der Waals surface area contributed by atoms with Crippen molar-refractivity contribution < 1.29 is 8.42 Å². The molecule has 82 valence electrons. The second-order valence-electron chi connectivity index (χ2n) is 3.20. The van der Waals surface area contributed by atoms with Gasteiger partial charge in [-0.25, -0.2) is 8.42 Å². The highest BCUT2D eigenvalue weighted by Gasteiger charge is 2.09. The Hall–Kier alpha value is -1.39. The first-order valence-corrected chi connectivity index (χ1v) is 6.83. The molecule has 0 bridgehead atoms. The molecule has 0 saturated carbocycles. The van der Waals surface area contributed by atoms with Crippen molar-refractivity contribution >= 4 is 19.7 Å². The van der Waals surface area contributed by atoms with E-state index in [4.69, 9.17) is 10.7 Å². The normalized spacial score (nSPS) is 11.3. The molecule has 0 aliphatic rings. The van der Waals surface area contributed by atoms with Crippen molar-refractivity contribution in [2.75, 3.05) is 0 Å². The summed E-state index contributed by atoms with van der Waals surface area (Å²) in [7, 11) is 1.57. The number of hydrogen-bond acceptors (Lipinski definition) is 3. The molecular formula is C11H8ClNO2S. The quantitative estimate of drug-likeness (QED) is 0.773. The van der Waals surface area contributed by atoms with Gasteiger partial charge in [-0.3, -0.25) is 4.98 Å². The molecule has 0 amide bonds. The predicted molar refractivity (Wildman–Crippen MR) is 62.7 cm³/mol. The third kappa shape index (κ3) is 2.40. The summed E-state index contributed by atoms with van der Waals surface area (Å²) in [4.78, 5) is 4.09. The van der Waals surface area contributed by atoms with E-state index in [0.717, 1.165) is 11.1 Å². The van der Waals surface area contributed by atoms with Gasteiger partial charge in [-0.15, -0.1) is 0 Å². The second-order valence-corrected chi connectivity index (χ2v) is 5.77. The first-order chi connectivity index (χ1) is 7.57. The first-order valence-electron chi connectivity index (χ1n) is 4.52. The lowest BCUT2D eigenvalue weighted by molar-refractivity contribution is 0.609. The molecule has 2 aromatic rings. The first kappa shape index (κ1) is 11.1. The van der Waals surface area contributed by atoms with Crippen LogP contribution >= 0.6 is 10.7 Å². The van der Waals surface area contributed by atoms with Crippen molar-refractivity contribution in [3.63, 3.8) is 0 Å². The lowest BCUT2D eigenvalue weighted by Crippen LogP contribution is -1.89. The van der Waals surface area contributed by atoms with Gasteiger partial charge >= 0.3 is 0 Å². The Morgan fingerprint density at radius 2 is 1.69 bits per heavy atom. The smallest absolute Gasteiger partial charge is 0.261 e. The predicted octanol–water partition coefficient (Wildman–Crippen LogP) is 2.68. The van der Waals surface area contributed by atoms with Crippen LogP contribution in [0.15, 0.2) is 53.7 Å². The molecule has 0 aliphatic carbocycles. The van der Waals surface area contributed by atoms with E-state index < -0.39 is 9.05 Å². The molecule has 0 spiro atoms. The summed E-state index contributed by atoms with van der Waals surface area (Å²) in [5, 5.41) is 0. The van der Waals surface area contributed by atoms with Crippen LogP contribution in [0.25, 0.3) is 11.1 Å². The van der Waals surface area contributed by atoms with Gasteiger partial charge in [0.15, 0.2) is 0 Å². The average molecular weight is 254 g/mol. The van der Waals surface area contributed by atoms with Crippen molar-refractivity contribution in [2.24, 2.45) is 0 Å². The molecule has 0 fully saturated rings. The molecule has 1 heterocycles. The van der Waals surface area contributed by atoms with Crippen molar-refractivity contribution in [3.05, 3.63) is 48.8 Å². The Labute approximate surface area is 98.1 Å². The number of aromatic nitrogens is 1. The summed E-state index contributed by atoms with van der Waals surface area (Å²) in [6.45, 7) is 0. The topological polar surface area (TPSA) is 47.0 Å². The molecule has 16 heavy (non-hydrogen) atoms. The minimum atomic E-state index is -3.65. The average Bonchev–Trinajstić information content (AvgIpc) is 2.29. The van der Waals surface area contributed by atoms with Gasteiger partial charge in [-0.05, 0) is 29.3 Å². The number of pyridine rings is 1. The van der Waals surface area contributed by atoms with E-state index in [0.29, 0.717) is 0 Å². The van der Waals surface area contributed by atoms with Crippen LogP contribution in [0.3, 0.4) is 0 Å². The van der Waals surface area contributed by atoms with E-state index >= 15 is 0 Å². The Bertz CT molecular complexity index is 579. The number of rotatable bonds is 2. The maximum atomic E-state index is 11.0. The highest BCUT2D eigenvalue weighted by molar-refractivity contribution is 8.13. The van der Waals surface area contributed by atoms with Gasteiger partial charge in [-0.1, -0.05) is 18.2 Å². The molecule has 2 rings (SSSR count). The SMILES string of the molecule is O=S(=O)(Cl)c1ccc(-c2cccnc2)cc1. The Balaban J connectivity index is 2.41. The Kier molecular flexibility index (Phi) is 2.94. The van der Waals surface area contributed by atoms with Gasteiger partial charge < -0.3 is 0 Å². The fourth-order valence-corrected chi connectivity index (χ4v) is 2.11. The van der Waals surface area contributed by atoms with E-state index in [1.165, 1.54) is 12.1 Å². The molecule has 0 unspecified atom stereocenters. The van der Waals surface area contributed by atoms with Crippen LogP contribution < -0.4 is 0 Å². The molecule has 0 saturated heterocycles. The van der Waals surface area contributed by atoms with Gasteiger partial charge in [-0.2, -0.15) is 0 Å². The monoisotopic (exact) mass is 253 g/mol. The Morgan fingerprint density at radius 3 is 2.19 bits per heavy atom. The van der Waals surface area contributed by atoms with E-state index in [1.807, 2.05) is 12.1 Å². The van der Waals surface area contributed by atoms with E-state index in [-0.39, 0.29) is 4.90 Å². The summed E-state index contributed by atoms with van der Waals surface area (Å²) in [6, 6.07) is 10.1. The summed E-state index contributed by atoms with van der Waals surface area (Å²) >= 11 is 0. The van der Waals surface area contributed by atoms with Crippen LogP contribution in [-0.2, 0) is 9.05 Å². The van der Waals surface area contributed by atoms with Gasteiger partial charge in [0.25, 0.3) is 9.05 Å². The number of hydrogen-bond donors (Lipinski definition) is 0. The largest absolute Gasteiger partial charge is 0.264 e. The minimum Gasteiger partial charge on any atom is -0.264 e. The molecular weight excluding hydrogens is 246 g/mol. The van der Waals surface area contributed by atoms with Crippen molar-refractivity contribution in [2.45, 2.75) is 4.90 Å². The van der Waals surface area contributed by atoms with Crippen molar-refractivity contribution in [1.82, 2.24) is 4.98 Å². The number of benzene rings is 1. The fraction of sp³-hybridized carbons (Fsp3) is 0. The highest BCUT2D eigenvalue weighted by atomic mass is 35.7. The van der Waals surface area contributed by atoms with Gasteiger partial charge in [0, 0.05) is 23.1 Å². The zero-order valence-corrected chi connectivity index (χ0v) is 9.74. The fourth-order valence-electron chi connectivity index (χ4n) is 1.34. The lowest BCUT2D eigenvalue weighted by Gasteiger charge is -2.01. The van der Waals surface area contributed by atoms with Crippen molar-refractivity contribution in [3.8, 4) is 11.1 Å². The van der Waals surface area contributed by atoms with E-state index in [9.17, 15) is 8.42 Å².